The Morgan fingerprint density at radius 1 is 1.16 bits per heavy atom. The van der Waals surface area contributed by atoms with Crippen LogP contribution in [0.5, 0.6) is 5.75 Å². The summed E-state index contributed by atoms with van der Waals surface area (Å²) in [6, 6.07) is 14.1. The van der Waals surface area contributed by atoms with E-state index in [-0.39, 0.29) is 0 Å². The number of benzene rings is 2. The molecular formula is C14H11N3O2. The monoisotopic (exact) mass is 253 g/mol. The zero-order valence-electron chi connectivity index (χ0n) is 10.3. The summed E-state index contributed by atoms with van der Waals surface area (Å²) in [6.07, 6.45) is 0. The van der Waals surface area contributed by atoms with Gasteiger partial charge in [0.15, 0.2) is 0 Å². The number of carbonyl (C=O) groups is 1. The SMILES string of the molecule is Cn1nnc2cc(C(=O)Oc3ccccc3)ccc21. The standard InChI is InChI=1S/C14H11N3O2/c1-17-13-8-7-10(9-12(13)15-16-17)14(18)19-11-5-3-2-4-6-11/h2-9H,1H3. The van der Waals surface area contributed by atoms with Crippen molar-refractivity contribution in [3.63, 3.8) is 0 Å². The van der Waals surface area contributed by atoms with E-state index in [1.807, 2.05) is 18.2 Å². The highest BCUT2D eigenvalue weighted by Crippen LogP contribution is 2.15. The van der Waals surface area contributed by atoms with E-state index >= 15 is 0 Å². The zero-order valence-corrected chi connectivity index (χ0v) is 10.3. The van der Waals surface area contributed by atoms with E-state index in [1.165, 1.54) is 0 Å². The third-order valence-electron chi connectivity index (χ3n) is 2.80. The molecule has 0 saturated heterocycles. The summed E-state index contributed by atoms with van der Waals surface area (Å²) in [5.74, 6) is 0.116. The Morgan fingerprint density at radius 3 is 2.74 bits per heavy atom. The van der Waals surface area contributed by atoms with Gasteiger partial charge in [0, 0.05) is 7.05 Å². The van der Waals surface area contributed by atoms with Crippen LogP contribution in [0.1, 0.15) is 10.4 Å². The lowest BCUT2D eigenvalue weighted by Gasteiger charge is -2.03. The van der Waals surface area contributed by atoms with Gasteiger partial charge in [-0.2, -0.15) is 0 Å². The molecule has 2 aromatic carbocycles. The largest absolute Gasteiger partial charge is 0.423 e. The quantitative estimate of drug-likeness (QED) is 0.519. The summed E-state index contributed by atoms with van der Waals surface area (Å²) in [6.45, 7) is 0. The maximum Gasteiger partial charge on any atom is 0.343 e. The molecule has 5 heteroatoms. The van der Waals surface area contributed by atoms with Gasteiger partial charge in [-0.15, -0.1) is 5.10 Å². The second kappa shape index (κ2) is 4.53. The lowest BCUT2D eigenvalue weighted by molar-refractivity contribution is 0.0735. The molecule has 5 nitrogen and oxygen atoms in total. The van der Waals surface area contributed by atoms with Gasteiger partial charge in [0.2, 0.25) is 0 Å². The Hall–Kier alpha value is -2.69. The molecule has 94 valence electrons. The van der Waals surface area contributed by atoms with Crippen LogP contribution in [-0.4, -0.2) is 21.0 Å². The fourth-order valence-electron chi connectivity index (χ4n) is 1.82. The molecule has 3 rings (SSSR count). The molecule has 19 heavy (non-hydrogen) atoms. The van der Waals surface area contributed by atoms with E-state index in [0.717, 1.165) is 5.52 Å². The third kappa shape index (κ3) is 2.18. The first kappa shape index (κ1) is 11.4. The summed E-state index contributed by atoms with van der Waals surface area (Å²) in [5, 5.41) is 7.87. The van der Waals surface area contributed by atoms with Gasteiger partial charge in [-0.05, 0) is 30.3 Å². The number of esters is 1. The number of para-hydroxylation sites is 1. The van der Waals surface area contributed by atoms with Crippen molar-refractivity contribution in [1.29, 1.82) is 0 Å². The second-order valence-electron chi connectivity index (χ2n) is 4.12. The zero-order chi connectivity index (χ0) is 13.2. The van der Waals surface area contributed by atoms with Gasteiger partial charge < -0.3 is 4.74 Å². The first-order valence-corrected chi connectivity index (χ1v) is 5.81. The van der Waals surface area contributed by atoms with Crippen molar-refractivity contribution < 1.29 is 9.53 Å². The van der Waals surface area contributed by atoms with Crippen LogP contribution < -0.4 is 4.74 Å². The third-order valence-corrected chi connectivity index (χ3v) is 2.80. The number of fused-ring (bicyclic) bond motifs is 1. The average Bonchev–Trinajstić information content (AvgIpc) is 2.81. The number of rotatable bonds is 2. The van der Waals surface area contributed by atoms with Gasteiger partial charge in [0.05, 0.1) is 11.1 Å². The fraction of sp³-hybridized carbons (Fsp3) is 0.0714. The Labute approximate surface area is 109 Å². The van der Waals surface area contributed by atoms with Gasteiger partial charge >= 0.3 is 5.97 Å². The molecule has 0 aliphatic carbocycles. The molecule has 0 aliphatic rings. The Morgan fingerprint density at radius 2 is 1.95 bits per heavy atom. The lowest BCUT2D eigenvalue weighted by atomic mass is 10.2. The number of hydrogen-bond acceptors (Lipinski definition) is 4. The van der Waals surface area contributed by atoms with Crippen molar-refractivity contribution in [1.82, 2.24) is 15.0 Å². The first-order chi connectivity index (χ1) is 9.24. The molecule has 0 spiro atoms. The Balaban J connectivity index is 1.89. The van der Waals surface area contributed by atoms with Crippen molar-refractivity contribution in [3.8, 4) is 5.75 Å². The Kier molecular flexibility index (Phi) is 2.72. The normalized spacial score (nSPS) is 10.6. The second-order valence-corrected chi connectivity index (χ2v) is 4.12. The van der Waals surface area contributed by atoms with Crippen LogP contribution in [0.2, 0.25) is 0 Å². The molecule has 3 aromatic rings. The van der Waals surface area contributed by atoms with E-state index in [4.69, 9.17) is 4.74 Å². The molecule has 0 amide bonds. The summed E-state index contributed by atoms with van der Waals surface area (Å²) in [4.78, 5) is 12.0. The van der Waals surface area contributed by atoms with Crippen molar-refractivity contribution in [2.45, 2.75) is 0 Å². The molecule has 0 atom stereocenters. The van der Waals surface area contributed by atoms with Crippen molar-refractivity contribution >= 4 is 17.0 Å². The predicted molar refractivity (Wildman–Crippen MR) is 69.9 cm³/mol. The fourth-order valence-corrected chi connectivity index (χ4v) is 1.82. The van der Waals surface area contributed by atoms with Crippen LogP contribution >= 0.6 is 0 Å². The van der Waals surface area contributed by atoms with E-state index in [1.54, 1.807) is 42.1 Å². The number of ether oxygens (including phenoxy) is 1. The van der Waals surface area contributed by atoms with E-state index in [0.29, 0.717) is 16.8 Å². The maximum absolute atomic E-state index is 12.0. The van der Waals surface area contributed by atoms with E-state index < -0.39 is 5.97 Å². The highest BCUT2D eigenvalue weighted by Gasteiger charge is 2.11. The number of nitrogens with zero attached hydrogens (tertiary/aromatic N) is 3. The number of carbonyl (C=O) groups excluding carboxylic acids is 1. The smallest absolute Gasteiger partial charge is 0.343 e. The van der Waals surface area contributed by atoms with Crippen LogP contribution in [0.4, 0.5) is 0 Å². The first-order valence-electron chi connectivity index (χ1n) is 5.81. The van der Waals surface area contributed by atoms with E-state index in [2.05, 4.69) is 10.3 Å². The van der Waals surface area contributed by atoms with Crippen molar-refractivity contribution in [3.05, 3.63) is 54.1 Å². The van der Waals surface area contributed by atoms with Gasteiger partial charge in [-0.25, -0.2) is 9.48 Å². The summed E-state index contributed by atoms with van der Waals surface area (Å²) in [7, 11) is 1.80. The van der Waals surface area contributed by atoms with Crippen molar-refractivity contribution in [2.75, 3.05) is 0 Å². The highest BCUT2D eigenvalue weighted by atomic mass is 16.5. The molecule has 0 fully saturated rings. The average molecular weight is 253 g/mol. The molecule has 0 radical (unpaired) electrons. The molecule has 0 aliphatic heterocycles. The van der Waals surface area contributed by atoms with Crippen LogP contribution in [0, 0.1) is 0 Å². The summed E-state index contributed by atoms with van der Waals surface area (Å²) >= 11 is 0. The minimum absolute atomic E-state index is 0.404. The molecule has 1 heterocycles. The molecular weight excluding hydrogens is 242 g/mol. The molecule has 0 unspecified atom stereocenters. The van der Waals surface area contributed by atoms with Gasteiger partial charge in [-0.1, -0.05) is 23.4 Å². The molecule has 1 aromatic heterocycles. The predicted octanol–water partition coefficient (Wildman–Crippen LogP) is 2.19. The molecule has 0 N–H and O–H groups in total. The lowest BCUT2D eigenvalue weighted by Crippen LogP contribution is -2.08. The Bertz CT molecular complexity index is 735. The minimum atomic E-state index is -0.404. The van der Waals surface area contributed by atoms with Gasteiger partial charge in [0.25, 0.3) is 0 Å². The van der Waals surface area contributed by atoms with Crippen LogP contribution in [0.15, 0.2) is 48.5 Å². The number of aryl methyl sites for hydroxylation is 1. The van der Waals surface area contributed by atoms with Crippen LogP contribution in [-0.2, 0) is 7.05 Å². The topological polar surface area (TPSA) is 57.0 Å². The number of aromatic nitrogens is 3. The van der Waals surface area contributed by atoms with Crippen LogP contribution in [0.25, 0.3) is 11.0 Å². The van der Waals surface area contributed by atoms with Crippen molar-refractivity contribution in [2.24, 2.45) is 7.05 Å². The summed E-state index contributed by atoms with van der Waals surface area (Å²) < 4.78 is 6.92. The van der Waals surface area contributed by atoms with E-state index in [9.17, 15) is 4.79 Å². The minimum Gasteiger partial charge on any atom is -0.423 e. The molecule has 0 bridgehead atoms. The molecule has 0 saturated carbocycles. The highest BCUT2D eigenvalue weighted by molar-refractivity contribution is 5.94. The van der Waals surface area contributed by atoms with Crippen LogP contribution in [0.3, 0.4) is 0 Å². The van der Waals surface area contributed by atoms with Gasteiger partial charge in [0.1, 0.15) is 11.3 Å². The maximum atomic E-state index is 12.0. The summed E-state index contributed by atoms with van der Waals surface area (Å²) in [5.41, 5.74) is 2.00. The van der Waals surface area contributed by atoms with Gasteiger partial charge in [-0.3, -0.25) is 0 Å². The number of hydrogen-bond donors (Lipinski definition) is 0.